The molecule has 0 aliphatic heterocycles. The number of carboxylic acids is 1. The van der Waals surface area contributed by atoms with Crippen LogP contribution < -0.4 is 5.32 Å². The smallest absolute Gasteiger partial charge is 0.354 e. The molecule has 1 aliphatic rings. The molecule has 1 saturated carbocycles. The predicted molar refractivity (Wildman–Crippen MR) is 69.9 cm³/mol. The zero-order valence-corrected chi connectivity index (χ0v) is 10.9. The molecule has 8 heteroatoms. The van der Waals surface area contributed by atoms with Crippen LogP contribution >= 0.6 is 0 Å². The van der Waals surface area contributed by atoms with E-state index in [0.717, 1.165) is 31.4 Å². The average Bonchev–Trinajstić information content (AvgIpc) is 2.85. The van der Waals surface area contributed by atoms with Gasteiger partial charge in [0.1, 0.15) is 0 Å². The van der Waals surface area contributed by atoms with E-state index in [1.807, 2.05) is 0 Å². The van der Waals surface area contributed by atoms with Gasteiger partial charge in [-0.25, -0.2) is 9.78 Å². The number of carbonyl (C=O) groups is 1. The maximum absolute atomic E-state index is 11.0. The number of anilines is 1. The second-order valence-electron chi connectivity index (χ2n) is 4.58. The normalized spacial score (nSPS) is 21.6. The number of nitro groups is 1. The number of nitrogens with one attached hydrogen (secondary N) is 1. The fourth-order valence-corrected chi connectivity index (χ4v) is 2.37. The molecule has 0 aromatic carbocycles. The lowest BCUT2D eigenvalue weighted by Gasteiger charge is -2.20. The summed E-state index contributed by atoms with van der Waals surface area (Å²) in [6.07, 6.45) is 2.56. The molecule has 0 bridgehead atoms. The molecule has 1 aromatic heterocycles. The van der Waals surface area contributed by atoms with Gasteiger partial charge in [-0.15, -0.1) is 0 Å². The van der Waals surface area contributed by atoms with Gasteiger partial charge in [0.25, 0.3) is 0 Å². The number of aromatic nitrogens is 1. The molecular weight excluding hydrogens is 266 g/mol. The van der Waals surface area contributed by atoms with Crippen molar-refractivity contribution in [2.75, 3.05) is 12.4 Å². The van der Waals surface area contributed by atoms with Crippen molar-refractivity contribution in [1.29, 1.82) is 0 Å². The highest BCUT2D eigenvalue weighted by Gasteiger charge is 2.30. The topological polar surface area (TPSA) is 115 Å². The fraction of sp³-hybridized carbons (Fsp3) is 0.500. The van der Waals surface area contributed by atoms with Crippen molar-refractivity contribution in [3.05, 3.63) is 27.9 Å². The van der Waals surface area contributed by atoms with Gasteiger partial charge in [0.15, 0.2) is 5.69 Å². The van der Waals surface area contributed by atoms with Crippen LogP contribution in [0.3, 0.4) is 0 Å². The van der Waals surface area contributed by atoms with Crippen molar-refractivity contribution >= 4 is 17.5 Å². The molecule has 0 saturated heterocycles. The van der Waals surface area contributed by atoms with Gasteiger partial charge in [-0.3, -0.25) is 10.1 Å². The Kier molecular flexibility index (Phi) is 4.14. The molecule has 0 radical (unpaired) electrons. The highest BCUT2D eigenvalue weighted by Crippen LogP contribution is 2.29. The maximum Gasteiger partial charge on any atom is 0.354 e. The van der Waals surface area contributed by atoms with E-state index in [-0.39, 0.29) is 29.3 Å². The second kappa shape index (κ2) is 5.83. The third-order valence-corrected chi connectivity index (χ3v) is 3.37. The Morgan fingerprint density at radius 1 is 1.55 bits per heavy atom. The van der Waals surface area contributed by atoms with Crippen molar-refractivity contribution in [1.82, 2.24) is 4.98 Å². The molecule has 108 valence electrons. The molecule has 1 aromatic rings. The van der Waals surface area contributed by atoms with Crippen molar-refractivity contribution < 1.29 is 19.6 Å². The van der Waals surface area contributed by atoms with E-state index in [4.69, 9.17) is 9.84 Å². The van der Waals surface area contributed by atoms with Crippen molar-refractivity contribution in [2.24, 2.45) is 0 Å². The second-order valence-corrected chi connectivity index (χ2v) is 4.58. The SMILES string of the molecule is COC1CCCC1Nc1nc(C(=O)O)ccc1[N+](=O)[O-]. The molecule has 2 rings (SSSR count). The Balaban J connectivity index is 2.30. The summed E-state index contributed by atoms with van der Waals surface area (Å²) in [5.41, 5.74) is -0.471. The average molecular weight is 281 g/mol. The van der Waals surface area contributed by atoms with Gasteiger partial charge in [-0.05, 0) is 25.3 Å². The molecule has 1 aliphatic carbocycles. The third kappa shape index (κ3) is 2.85. The first-order valence-electron chi connectivity index (χ1n) is 6.21. The number of aromatic carboxylic acids is 1. The largest absolute Gasteiger partial charge is 0.477 e. The van der Waals surface area contributed by atoms with Crippen molar-refractivity contribution in [2.45, 2.75) is 31.4 Å². The van der Waals surface area contributed by atoms with E-state index >= 15 is 0 Å². The van der Waals surface area contributed by atoms with Crippen LogP contribution in [0, 0.1) is 10.1 Å². The minimum absolute atomic E-state index is 0.0242. The highest BCUT2D eigenvalue weighted by molar-refractivity contribution is 5.86. The predicted octanol–water partition coefficient (Wildman–Crippen LogP) is 1.67. The molecule has 8 nitrogen and oxygen atoms in total. The Hall–Kier alpha value is -2.22. The van der Waals surface area contributed by atoms with E-state index in [0.29, 0.717) is 0 Å². The number of nitrogens with zero attached hydrogens (tertiary/aromatic N) is 2. The number of hydrogen-bond donors (Lipinski definition) is 2. The summed E-state index contributed by atoms with van der Waals surface area (Å²) in [5, 5.41) is 22.8. The summed E-state index contributed by atoms with van der Waals surface area (Å²) in [7, 11) is 1.58. The van der Waals surface area contributed by atoms with E-state index < -0.39 is 10.9 Å². The molecule has 2 unspecified atom stereocenters. The molecule has 1 heterocycles. The minimum Gasteiger partial charge on any atom is -0.477 e. The lowest BCUT2D eigenvalue weighted by molar-refractivity contribution is -0.384. The van der Waals surface area contributed by atoms with Crippen molar-refractivity contribution in [3.63, 3.8) is 0 Å². The maximum atomic E-state index is 11.0. The Bertz CT molecular complexity index is 534. The van der Waals surface area contributed by atoms with Gasteiger partial charge < -0.3 is 15.2 Å². The summed E-state index contributed by atoms with van der Waals surface area (Å²) in [4.78, 5) is 25.1. The van der Waals surface area contributed by atoms with E-state index in [1.165, 1.54) is 0 Å². The Morgan fingerprint density at radius 2 is 2.30 bits per heavy atom. The standard InChI is InChI=1S/C12H15N3O5/c1-20-10-4-2-3-7(10)13-11-9(15(18)19)6-5-8(14-11)12(16)17/h5-7,10H,2-4H2,1H3,(H,13,14)(H,16,17). The molecular formula is C12H15N3O5. The molecule has 0 amide bonds. The zero-order chi connectivity index (χ0) is 14.7. The summed E-state index contributed by atoms with van der Waals surface area (Å²) in [6, 6.07) is 2.17. The van der Waals surface area contributed by atoms with Crippen LogP contribution in [0.15, 0.2) is 12.1 Å². The lowest BCUT2D eigenvalue weighted by Crippen LogP contribution is -2.30. The molecule has 2 atom stereocenters. The first kappa shape index (κ1) is 14.2. The lowest BCUT2D eigenvalue weighted by atomic mass is 10.2. The van der Waals surface area contributed by atoms with Gasteiger partial charge in [-0.1, -0.05) is 0 Å². The zero-order valence-electron chi connectivity index (χ0n) is 10.9. The first-order valence-corrected chi connectivity index (χ1v) is 6.21. The third-order valence-electron chi connectivity index (χ3n) is 3.37. The first-order chi connectivity index (χ1) is 9.52. The van der Waals surface area contributed by atoms with Gasteiger partial charge in [0, 0.05) is 13.2 Å². The van der Waals surface area contributed by atoms with Gasteiger partial charge in [-0.2, -0.15) is 0 Å². The van der Waals surface area contributed by atoms with Crippen LogP contribution in [0.4, 0.5) is 11.5 Å². The Morgan fingerprint density at radius 3 is 2.90 bits per heavy atom. The molecule has 2 N–H and O–H groups in total. The summed E-state index contributed by atoms with van der Waals surface area (Å²) < 4.78 is 5.30. The number of carboxylic acid groups (broad SMARTS) is 1. The number of methoxy groups -OCH3 is 1. The van der Waals surface area contributed by atoms with Gasteiger partial charge in [0.05, 0.1) is 17.1 Å². The fourth-order valence-electron chi connectivity index (χ4n) is 2.37. The van der Waals surface area contributed by atoms with Crippen LogP contribution in [0.5, 0.6) is 0 Å². The van der Waals surface area contributed by atoms with E-state index in [2.05, 4.69) is 10.3 Å². The number of pyridine rings is 1. The van der Waals surface area contributed by atoms with Crippen LogP contribution in [0.2, 0.25) is 0 Å². The van der Waals surface area contributed by atoms with Crippen LogP contribution in [0.1, 0.15) is 29.8 Å². The molecule has 0 spiro atoms. The summed E-state index contributed by atoms with van der Waals surface area (Å²) >= 11 is 0. The number of hydrogen-bond acceptors (Lipinski definition) is 6. The minimum atomic E-state index is -1.22. The number of ether oxygens (including phenoxy) is 1. The molecule has 1 fully saturated rings. The highest BCUT2D eigenvalue weighted by atomic mass is 16.6. The van der Waals surface area contributed by atoms with Gasteiger partial charge >= 0.3 is 11.7 Å². The van der Waals surface area contributed by atoms with E-state index in [1.54, 1.807) is 7.11 Å². The summed E-state index contributed by atoms with van der Waals surface area (Å²) in [6.45, 7) is 0. The number of rotatable bonds is 5. The summed E-state index contributed by atoms with van der Waals surface area (Å²) in [5.74, 6) is -1.25. The van der Waals surface area contributed by atoms with Crippen molar-refractivity contribution in [3.8, 4) is 0 Å². The Labute approximate surface area is 114 Å². The van der Waals surface area contributed by atoms with Crippen LogP contribution in [0.25, 0.3) is 0 Å². The van der Waals surface area contributed by atoms with Crippen LogP contribution in [-0.2, 0) is 4.74 Å². The van der Waals surface area contributed by atoms with E-state index in [9.17, 15) is 14.9 Å². The quantitative estimate of drug-likeness (QED) is 0.623. The monoisotopic (exact) mass is 281 g/mol. The van der Waals surface area contributed by atoms with Crippen LogP contribution in [-0.4, -0.2) is 40.2 Å². The van der Waals surface area contributed by atoms with Gasteiger partial charge in [0.2, 0.25) is 5.82 Å². The molecule has 20 heavy (non-hydrogen) atoms.